The molecule has 174 valence electrons. The number of amides is 2. The van der Waals surface area contributed by atoms with Crippen LogP contribution in [0.1, 0.15) is 48.2 Å². The van der Waals surface area contributed by atoms with Gasteiger partial charge < -0.3 is 10.6 Å². The summed E-state index contributed by atoms with van der Waals surface area (Å²) in [5.41, 5.74) is 7.94. The first-order chi connectivity index (χ1) is 15.9. The average molecular weight is 447 g/mol. The molecule has 33 heavy (non-hydrogen) atoms. The minimum atomic E-state index is -0.738. The third kappa shape index (κ3) is 4.58. The number of aryl methyl sites for hydroxylation is 1. The molecule has 0 aromatic heterocycles. The Hall–Kier alpha value is -2.99. The number of hydrogen-bond acceptors (Lipinski definition) is 4. The van der Waals surface area contributed by atoms with Crippen LogP contribution in [0.3, 0.4) is 0 Å². The van der Waals surface area contributed by atoms with Crippen LogP contribution in [0.25, 0.3) is 0 Å². The highest BCUT2D eigenvalue weighted by molar-refractivity contribution is 6.03. The molecule has 2 aliphatic rings. The highest BCUT2D eigenvalue weighted by atomic mass is 16.2. The van der Waals surface area contributed by atoms with E-state index < -0.39 is 5.54 Å². The first-order valence-electron chi connectivity index (χ1n) is 11.9. The summed E-state index contributed by atoms with van der Waals surface area (Å²) in [7, 11) is 0. The molecule has 1 aliphatic heterocycles. The quantitative estimate of drug-likeness (QED) is 0.639. The van der Waals surface area contributed by atoms with Gasteiger partial charge in [0.15, 0.2) is 0 Å². The maximum atomic E-state index is 13.6. The van der Waals surface area contributed by atoms with Crippen molar-refractivity contribution in [3.63, 3.8) is 0 Å². The van der Waals surface area contributed by atoms with Crippen molar-refractivity contribution in [2.75, 3.05) is 13.1 Å². The van der Waals surface area contributed by atoms with E-state index in [1.54, 1.807) is 11.2 Å². The van der Waals surface area contributed by atoms with Crippen LogP contribution in [0, 0.1) is 18.8 Å². The fourth-order valence-corrected chi connectivity index (χ4v) is 5.05. The molecule has 1 saturated carbocycles. The molecule has 2 N–H and O–H groups in total. The first kappa shape index (κ1) is 23.2. The van der Waals surface area contributed by atoms with Gasteiger partial charge >= 0.3 is 0 Å². The predicted molar refractivity (Wildman–Crippen MR) is 131 cm³/mol. The first-order valence-corrected chi connectivity index (χ1v) is 11.9. The zero-order chi connectivity index (χ0) is 23.6. The van der Waals surface area contributed by atoms with Gasteiger partial charge in [-0.3, -0.25) is 19.5 Å². The second kappa shape index (κ2) is 9.48. The summed E-state index contributed by atoms with van der Waals surface area (Å²) in [6, 6.07) is 17.6. The number of benzene rings is 2. The lowest BCUT2D eigenvalue weighted by Gasteiger charge is -2.36. The Morgan fingerprint density at radius 3 is 2.52 bits per heavy atom. The van der Waals surface area contributed by atoms with E-state index in [0.717, 1.165) is 17.5 Å². The van der Waals surface area contributed by atoms with Crippen LogP contribution in [0.15, 0.2) is 59.6 Å². The third-order valence-corrected chi connectivity index (χ3v) is 6.86. The predicted octanol–water partition coefficient (Wildman–Crippen LogP) is 3.64. The van der Waals surface area contributed by atoms with Gasteiger partial charge in [0.2, 0.25) is 0 Å². The molecular formula is C27H34N4O2. The van der Waals surface area contributed by atoms with E-state index in [-0.39, 0.29) is 29.7 Å². The molecule has 2 aromatic carbocycles. The van der Waals surface area contributed by atoms with Crippen molar-refractivity contribution >= 4 is 18.2 Å². The Bertz CT molecular complexity index is 1020. The van der Waals surface area contributed by atoms with Crippen molar-refractivity contribution in [1.82, 2.24) is 9.80 Å². The number of hydrogen-bond donors (Lipinski definition) is 1. The molecule has 4 rings (SSSR count). The number of rotatable bonds is 9. The molecule has 0 saturated heterocycles. The summed E-state index contributed by atoms with van der Waals surface area (Å²) in [6.07, 6.45) is 3.09. The van der Waals surface area contributed by atoms with Crippen LogP contribution in [0.4, 0.5) is 0 Å². The average Bonchev–Trinajstić information content (AvgIpc) is 3.45. The van der Waals surface area contributed by atoms with Crippen molar-refractivity contribution in [2.24, 2.45) is 22.6 Å². The maximum absolute atomic E-state index is 13.6. The van der Waals surface area contributed by atoms with Gasteiger partial charge in [0, 0.05) is 24.1 Å². The SMILES string of the molecule is Cc1ccc(C(=O)N(CCCN)C(C(C)C)C2CC23N=CN(Cc2ccccc2)C3=O)cc1. The molecule has 0 radical (unpaired) electrons. The standard InChI is InChI=1S/C27H34N4O2/c1-19(2)24(31(15-7-14-28)25(32)22-12-10-20(3)11-13-22)23-16-27(23)26(33)30(18-29-27)17-21-8-5-4-6-9-21/h4-6,8-13,18-19,23-24H,7,14-17,28H2,1-3H3. The maximum Gasteiger partial charge on any atom is 0.256 e. The van der Waals surface area contributed by atoms with Crippen LogP contribution >= 0.6 is 0 Å². The van der Waals surface area contributed by atoms with Crippen LogP contribution in [-0.4, -0.2) is 52.6 Å². The monoisotopic (exact) mass is 446 g/mol. The smallest absolute Gasteiger partial charge is 0.256 e. The van der Waals surface area contributed by atoms with E-state index in [2.05, 4.69) is 13.8 Å². The van der Waals surface area contributed by atoms with Gasteiger partial charge in [-0.2, -0.15) is 0 Å². The van der Waals surface area contributed by atoms with Gasteiger partial charge in [0.1, 0.15) is 5.54 Å². The van der Waals surface area contributed by atoms with Gasteiger partial charge in [0.25, 0.3) is 11.8 Å². The molecule has 6 heteroatoms. The lowest BCUT2D eigenvalue weighted by atomic mass is 9.93. The summed E-state index contributed by atoms with van der Waals surface area (Å²) in [6.45, 7) is 7.86. The fourth-order valence-electron chi connectivity index (χ4n) is 5.05. The minimum absolute atomic E-state index is 0.000216. The molecule has 6 nitrogen and oxygen atoms in total. The molecule has 1 spiro atoms. The van der Waals surface area contributed by atoms with E-state index in [1.807, 2.05) is 66.4 Å². The molecule has 3 unspecified atom stereocenters. The van der Waals surface area contributed by atoms with Crippen molar-refractivity contribution in [1.29, 1.82) is 0 Å². The van der Waals surface area contributed by atoms with Gasteiger partial charge in [-0.15, -0.1) is 0 Å². The highest BCUT2D eigenvalue weighted by Crippen LogP contribution is 2.55. The topological polar surface area (TPSA) is 79.0 Å². The van der Waals surface area contributed by atoms with Crippen LogP contribution in [-0.2, 0) is 11.3 Å². The second-order valence-electron chi connectivity index (χ2n) is 9.64. The normalized spacial score (nSPS) is 22.3. The molecule has 2 aromatic rings. The molecule has 3 atom stereocenters. The molecule has 1 aliphatic carbocycles. The van der Waals surface area contributed by atoms with Crippen molar-refractivity contribution in [3.8, 4) is 0 Å². The summed E-state index contributed by atoms with van der Waals surface area (Å²) in [5.74, 6) is 0.241. The fraction of sp³-hybridized carbons (Fsp3) is 0.444. The number of carbonyl (C=O) groups is 2. The molecule has 0 bridgehead atoms. The second-order valence-corrected chi connectivity index (χ2v) is 9.64. The summed E-state index contributed by atoms with van der Waals surface area (Å²) >= 11 is 0. The molecule has 2 amide bonds. The van der Waals surface area contributed by atoms with Gasteiger partial charge in [-0.1, -0.05) is 61.9 Å². The number of nitrogens with zero attached hydrogens (tertiary/aromatic N) is 3. The Balaban J connectivity index is 1.56. The van der Waals surface area contributed by atoms with Crippen LogP contribution in [0.5, 0.6) is 0 Å². The molecule has 1 heterocycles. The van der Waals surface area contributed by atoms with Crippen molar-refractivity contribution < 1.29 is 9.59 Å². The van der Waals surface area contributed by atoms with Gasteiger partial charge in [-0.25, -0.2) is 0 Å². The molecule has 1 fully saturated rings. The number of aliphatic imine (C=N–C) groups is 1. The zero-order valence-electron chi connectivity index (χ0n) is 19.8. The van der Waals surface area contributed by atoms with Crippen LogP contribution in [0.2, 0.25) is 0 Å². The van der Waals surface area contributed by atoms with E-state index in [0.29, 0.717) is 31.6 Å². The summed E-state index contributed by atoms with van der Waals surface area (Å²) in [4.78, 5) is 35.4. The molecular weight excluding hydrogens is 412 g/mol. The lowest BCUT2D eigenvalue weighted by Crippen LogP contribution is -2.48. The Morgan fingerprint density at radius 1 is 1.18 bits per heavy atom. The van der Waals surface area contributed by atoms with Gasteiger partial charge in [-0.05, 0) is 49.9 Å². The Labute approximate surface area is 196 Å². The van der Waals surface area contributed by atoms with E-state index in [9.17, 15) is 9.59 Å². The van der Waals surface area contributed by atoms with Gasteiger partial charge in [0.05, 0.1) is 12.9 Å². The minimum Gasteiger partial charge on any atom is -0.335 e. The highest BCUT2D eigenvalue weighted by Gasteiger charge is 2.67. The van der Waals surface area contributed by atoms with Crippen molar-refractivity contribution in [3.05, 3.63) is 71.3 Å². The zero-order valence-corrected chi connectivity index (χ0v) is 19.8. The van der Waals surface area contributed by atoms with E-state index >= 15 is 0 Å². The largest absolute Gasteiger partial charge is 0.335 e. The van der Waals surface area contributed by atoms with E-state index in [1.165, 1.54) is 0 Å². The number of carbonyl (C=O) groups excluding carboxylic acids is 2. The van der Waals surface area contributed by atoms with Crippen molar-refractivity contribution in [2.45, 2.75) is 51.7 Å². The lowest BCUT2D eigenvalue weighted by molar-refractivity contribution is -0.129. The summed E-state index contributed by atoms with van der Waals surface area (Å²) < 4.78 is 0. The van der Waals surface area contributed by atoms with Crippen LogP contribution < -0.4 is 5.73 Å². The van der Waals surface area contributed by atoms with E-state index in [4.69, 9.17) is 10.7 Å². The number of nitrogens with two attached hydrogens (primary N) is 1. The third-order valence-electron chi connectivity index (χ3n) is 6.86. The Kier molecular flexibility index (Phi) is 6.66. The summed E-state index contributed by atoms with van der Waals surface area (Å²) in [5, 5.41) is 0. The Morgan fingerprint density at radius 2 is 1.88 bits per heavy atom.